The summed E-state index contributed by atoms with van der Waals surface area (Å²) in [6.45, 7) is 4.03. The number of hydroxylamine groups is 2. The zero-order valence-corrected chi connectivity index (χ0v) is 10.9. The van der Waals surface area contributed by atoms with E-state index in [2.05, 4.69) is 10.3 Å². The summed E-state index contributed by atoms with van der Waals surface area (Å²) in [4.78, 5) is 17.6. The van der Waals surface area contributed by atoms with Gasteiger partial charge in [0.15, 0.2) is 0 Å². The van der Waals surface area contributed by atoms with Crippen LogP contribution in [0.4, 0.5) is 0 Å². The summed E-state index contributed by atoms with van der Waals surface area (Å²) in [6, 6.07) is 5.46. The van der Waals surface area contributed by atoms with Crippen LogP contribution in [0, 0.1) is 0 Å². The van der Waals surface area contributed by atoms with Gasteiger partial charge in [-0.1, -0.05) is 5.21 Å². The highest BCUT2D eigenvalue weighted by molar-refractivity contribution is 5.96. The van der Waals surface area contributed by atoms with E-state index < -0.39 is 0 Å². The van der Waals surface area contributed by atoms with Crippen molar-refractivity contribution in [3.63, 3.8) is 0 Å². The topological polar surface area (TPSA) is 60.2 Å². The third kappa shape index (κ3) is 2.19. The highest BCUT2D eigenvalue weighted by Gasteiger charge is 2.20. The van der Waals surface area contributed by atoms with E-state index in [-0.39, 0.29) is 5.91 Å². The fraction of sp³-hybridized carbons (Fsp3) is 0.462. The smallest absolute Gasteiger partial charge is 0.271 e. The molecule has 1 fully saturated rings. The third-order valence-electron chi connectivity index (χ3n) is 3.29. The van der Waals surface area contributed by atoms with Crippen molar-refractivity contribution in [2.75, 3.05) is 13.2 Å². The van der Waals surface area contributed by atoms with Crippen LogP contribution in [0.1, 0.15) is 30.1 Å². The molecule has 0 N–H and O–H groups in total. The Morgan fingerprint density at radius 2 is 2.32 bits per heavy atom. The Morgan fingerprint density at radius 1 is 1.42 bits per heavy atom. The van der Waals surface area contributed by atoms with Crippen molar-refractivity contribution < 1.29 is 9.63 Å². The number of hydrogen-bond acceptors (Lipinski definition) is 4. The maximum absolute atomic E-state index is 12.3. The molecule has 1 aliphatic rings. The fourth-order valence-electron chi connectivity index (χ4n) is 2.24. The highest BCUT2D eigenvalue weighted by atomic mass is 16.7. The number of amides is 1. The summed E-state index contributed by atoms with van der Waals surface area (Å²) in [5.41, 5.74) is 2.28. The number of aryl methyl sites for hydroxylation is 1. The first-order valence-corrected chi connectivity index (χ1v) is 6.57. The van der Waals surface area contributed by atoms with Gasteiger partial charge < -0.3 is 0 Å². The van der Waals surface area contributed by atoms with E-state index in [9.17, 15) is 4.79 Å². The van der Waals surface area contributed by atoms with E-state index in [0.717, 1.165) is 30.4 Å². The van der Waals surface area contributed by atoms with Crippen LogP contribution < -0.4 is 0 Å². The molecule has 2 aromatic rings. The van der Waals surface area contributed by atoms with E-state index in [4.69, 9.17) is 4.84 Å². The number of carbonyl (C=O) groups is 1. The summed E-state index contributed by atoms with van der Waals surface area (Å²) >= 11 is 0. The maximum Gasteiger partial charge on any atom is 0.277 e. The predicted molar refractivity (Wildman–Crippen MR) is 69.4 cm³/mol. The molecule has 1 aliphatic heterocycles. The Bertz CT molecular complexity index is 602. The number of nitrogens with zero attached hydrogens (tertiary/aromatic N) is 4. The molecule has 1 saturated heterocycles. The second kappa shape index (κ2) is 4.97. The zero-order valence-electron chi connectivity index (χ0n) is 10.9. The molecule has 0 aliphatic carbocycles. The van der Waals surface area contributed by atoms with Crippen LogP contribution in [0.5, 0.6) is 0 Å². The molecule has 6 heteroatoms. The molecule has 100 valence electrons. The SMILES string of the molecule is CCn1nnc2cc(C(=O)N3CCCCO3)ccc21. The number of hydrogen-bond donors (Lipinski definition) is 0. The first kappa shape index (κ1) is 12.1. The number of benzene rings is 1. The first-order chi connectivity index (χ1) is 9.29. The van der Waals surface area contributed by atoms with Crippen molar-refractivity contribution in [3.05, 3.63) is 23.8 Å². The molecule has 1 aromatic heterocycles. The normalized spacial score (nSPS) is 15.9. The van der Waals surface area contributed by atoms with Crippen molar-refractivity contribution in [2.45, 2.75) is 26.3 Å². The van der Waals surface area contributed by atoms with Gasteiger partial charge in [0, 0.05) is 18.7 Å². The minimum absolute atomic E-state index is 0.104. The molecular formula is C13H16N4O2. The quantitative estimate of drug-likeness (QED) is 0.823. The second-order valence-corrected chi connectivity index (χ2v) is 4.56. The standard InChI is InChI=1S/C13H16N4O2/c1-2-16-12-6-5-10(9-11(12)14-15-16)13(18)17-7-3-4-8-19-17/h5-6,9H,2-4,7-8H2,1H3. The molecule has 3 rings (SSSR count). The summed E-state index contributed by atoms with van der Waals surface area (Å²) in [7, 11) is 0. The summed E-state index contributed by atoms with van der Waals surface area (Å²) in [5, 5.41) is 9.56. The molecule has 2 heterocycles. The Balaban J connectivity index is 1.90. The first-order valence-electron chi connectivity index (χ1n) is 6.57. The van der Waals surface area contributed by atoms with Gasteiger partial charge in [-0.25, -0.2) is 9.75 Å². The summed E-state index contributed by atoms with van der Waals surface area (Å²) < 4.78 is 1.81. The van der Waals surface area contributed by atoms with Gasteiger partial charge in [0.25, 0.3) is 5.91 Å². The minimum Gasteiger partial charge on any atom is -0.271 e. The van der Waals surface area contributed by atoms with Crippen LogP contribution in [0.15, 0.2) is 18.2 Å². The predicted octanol–water partition coefficient (Wildman–Crippen LogP) is 1.62. The zero-order chi connectivity index (χ0) is 13.2. The lowest BCUT2D eigenvalue weighted by atomic mass is 10.1. The molecular weight excluding hydrogens is 244 g/mol. The molecule has 1 aromatic carbocycles. The third-order valence-corrected chi connectivity index (χ3v) is 3.29. The Morgan fingerprint density at radius 3 is 3.05 bits per heavy atom. The fourth-order valence-corrected chi connectivity index (χ4v) is 2.24. The van der Waals surface area contributed by atoms with Gasteiger partial charge in [-0.2, -0.15) is 0 Å². The summed E-state index contributed by atoms with van der Waals surface area (Å²) in [5.74, 6) is -0.104. The van der Waals surface area contributed by atoms with E-state index in [0.29, 0.717) is 18.7 Å². The monoisotopic (exact) mass is 260 g/mol. The molecule has 0 radical (unpaired) electrons. The molecule has 0 atom stereocenters. The van der Waals surface area contributed by atoms with Crippen LogP contribution in [0.25, 0.3) is 11.0 Å². The molecule has 19 heavy (non-hydrogen) atoms. The van der Waals surface area contributed by atoms with Gasteiger partial charge in [0.1, 0.15) is 5.52 Å². The largest absolute Gasteiger partial charge is 0.277 e. The number of carbonyl (C=O) groups excluding carboxylic acids is 1. The van der Waals surface area contributed by atoms with E-state index >= 15 is 0 Å². The van der Waals surface area contributed by atoms with Gasteiger partial charge in [-0.3, -0.25) is 9.63 Å². The molecule has 6 nitrogen and oxygen atoms in total. The Kier molecular flexibility index (Phi) is 3.16. The van der Waals surface area contributed by atoms with Crippen LogP contribution in [0.3, 0.4) is 0 Å². The highest BCUT2D eigenvalue weighted by Crippen LogP contribution is 2.17. The van der Waals surface area contributed by atoms with Crippen molar-refractivity contribution >= 4 is 16.9 Å². The molecule has 0 unspecified atom stereocenters. The van der Waals surface area contributed by atoms with Gasteiger partial charge in [0.2, 0.25) is 0 Å². The maximum atomic E-state index is 12.3. The number of rotatable bonds is 2. The molecule has 0 spiro atoms. The average molecular weight is 260 g/mol. The van der Waals surface area contributed by atoms with Crippen molar-refractivity contribution in [2.24, 2.45) is 0 Å². The summed E-state index contributed by atoms with van der Waals surface area (Å²) in [6.07, 6.45) is 1.99. The van der Waals surface area contributed by atoms with Gasteiger partial charge in [-0.05, 0) is 38.0 Å². The molecule has 0 bridgehead atoms. The van der Waals surface area contributed by atoms with Gasteiger partial charge in [0.05, 0.1) is 12.1 Å². The van der Waals surface area contributed by atoms with Crippen LogP contribution >= 0.6 is 0 Å². The number of aromatic nitrogens is 3. The Labute approximate surface area is 110 Å². The van der Waals surface area contributed by atoms with Crippen LogP contribution in [0.2, 0.25) is 0 Å². The minimum atomic E-state index is -0.104. The molecule has 0 saturated carbocycles. The van der Waals surface area contributed by atoms with E-state index in [1.165, 1.54) is 5.06 Å². The van der Waals surface area contributed by atoms with Crippen LogP contribution in [-0.4, -0.2) is 39.1 Å². The number of fused-ring (bicyclic) bond motifs is 1. The van der Waals surface area contributed by atoms with Gasteiger partial charge in [-0.15, -0.1) is 5.10 Å². The lowest BCUT2D eigenvalue weighted by Gasteiger charge is -2.25. The van der Waals surface area contributed by atoms with Gasteiger partial charge >= 0.3 is 0 Å². The van der Waals surface area contributed by atoms with Crippen molar-refractivity contribution in [1.82, 2.24) is 20.1 Å². The van der Waals surface area contributed by atoms with Crippen molar-refractivity contribution in [3.8, 4) is 0 Å². The lowest BCUT2D eigenvalue weighted by Crippen LogP contribution is -2.35. The lowest BCUT2D eigenvalue weighted by molar-refractivity contribution is -0.144. The van der Waals surface area contributed by atoms with Crippen LogP contribution in [-0.2, 0) is 11.4 Å². The average Bonchev–Trinajstić information content (AvgIpc) is 2.89. The molecule has 1 amide bonds. The second-order valence-electron chi connectivity index (χ2n) is 4.56. The van der Waals surface area contributed by atoms with Crippen molar-refractivity contribution in [1.29, 1.82) is 0 Å². The van der Waals surface area contributed by atoms with E-state index in [1.54, 1.807) is 16.8 Å². The van der Waals surface area contributed by atoms with E-state index in [1.807, 2.05) is 13.0 Å². The Hall–Kier alpha value is -1.95.